The molecule has 0 aliphatic rings. The summed E-state index contributed by atoms with van der Waals surface area (Å²) in [5.41, 5.74) is 1.87. The van der Waals surface area contributed by atoms with Gasteiger partial charge in [-0.15, -0.1) is 0 Å². The minimum Gasteiger partial charge on any atom is -0.334 e. The molecule has 0 fully saturated rings. The predicted octanol–water partition coefficient (Wildman–Crippen LogP) is 2.27. The number of carbonyl (C=O) groups is 1. The number of hydrogen-bond donors (Lipinski definition) is 2. The van der Waals surface area contributed by atoms with Gasteiger partial charge in [0.2, 0.25) is 0 Å². The lowest BCUT2D eigenvalue weighted by Crippen LogP contribution is -2.35. The molecule has 2 N–H and O–H groups in total. The first-order valence-electron chi connectivity index (χ1n) is 7.13. The molecule has 2 amide bonds. The fraction of sp³-hybridized carbons (Fsp3) is 0.167. The summed E-state index contributed by atoms with van der Waals surface area (Å²) in [6.07, 6.45) is 1.64. The van der Waals surface area contributed by atoms with Gasteiger partial charge in [0.15, 0.2) is 0 Å². The van der Waals surface area contributed by atoms with Crippen molar-refractivity contribution < 1.29 is 9.00 Å². The van der Waals surface area contributed by atoms with Gasteiger partial charge in [-0.25, -0.2) is 4.79 Å². The Balaban J connectivity index is 1.73. The molecular weight excluding hydrogens is 308 g/mol. The first-order valence-corrected chi connectivity index (χ1v) is 8.69. The zero-order valence-corrected chi connectivity index (χ0v) is 13.7. The van der Waals surface area contributed by atoms with E-state index in [4.69, 9.17) is 0 Å². The SMILES string of the molecule is CS(=O)c1ccc(CNC(=O)NCC#Cc2ccccc2)cc1. The van der Waals surface area contributed by atoms with Crippen molar-refractivity contribution in [2.75, 3.05) is 12.8 Å². The van der Waals surface area contributed by atoms with Crippen LogP contribution in [0.25, 0.3) is 0 Å². The van der Waals surface area contributed by atoms with Crippen molar-refractivity contribution in [2.24, 2.45) is 0 Å². The minimum atomic E-state index is -0.986. The second-order valence-corrected chi connectivity index (χ2v) is 6.18. The lowest BCUT2D eigenvalue weighted by Gasteiger charge is -2.06. The lowest BCUT2D eigenvalue weighted by molar-refractivity contribution is 0.241. The average molecular weight is 326 g/mol. The van der Waals surface area contributed by atoms with Crippen molar-refractivity contribution in [3.05, 3.63) is 65.7 Å². The Bertz CT molecular complexity index is 731. The Morgan fingerprint density at radius 2 is 1.74 bits per heavy atom. The van der Waals surface area contributed by atoms with Crippen molar-refractivity contribution in [3.8, 4) is 11.8 Å². The largest absolute Gasteiger partial charge is 0.334 e. The Kier molecular flexibility index (Phi) is 6.40. The quantitative estimate of drug-likeness (QED) is 0.847. The predicted molar refractivity (Wildman–Crippen MR) is 92.3 cm³/mol. The molecule has 118 valence electrons. The molecule has 2 aromatic carbocycles. The zero-order chi connectivity index (χ0) is 16.5. The van der Waals surface area contributed by atoms with E-state index in [1.54, 1.807) is 18.4 Å². The maximum absolute atomic E-state index is 11.7. The number of benzene rings is 2. The summed E-state index contributed by atoms with van der Waals surface area (Å²) in [6, 6.07) is 16.6. The van der Waals surface area contributed by atoms with Crippen LogP contribution in [0.3, 0.4) is 0 Å². The number of urea groups is 1. The van der Waals surface area contributed by atoms with Gasteiger partial charge in [0.1, 0.15) is 0 Å². The normalized spacial score (nSPS) is 11.0. The van der Waals surface area contributed by atoms with Crippen LogP contribution in [0.1, 0.15) is 11.1 Å². The second-order valence-electron chi connectivity index (χ2n) is 4.80. The molecule has 0 radical (unpaired) electrons. The summed E-state index contributed by atoms with van der Waals surface area (Å²) >= 11 is 0. The van der Waals surface area contributed by atoms with Crippen molar-refractivity contribution in [2.45, 2.75) is 11.4 Å². The van der Waals surface area contributed by atoms with E-state index in [1.807, 2.05) is 42.5 Å². The summed E-state index contributed by atoms with van der Waals surface area (Å²) in [5.74, 6) is 5.86. The number of rotatable bonds is 4. The van der Waals surface area contributed by atoms with E-state index in [2.05, 4.69) is 22.5 Å². The van der Waals surface area contributed by atoms with E-state index < -0.39 is 10.8 Å². The molecule has 0 saturated heterocycles. The smallest absolute Gasteiger partial charge is 0.315 e. The van der Waals surface area contributed by atoms with Gasteiger partial charge >= 0.3 is 6.03 Å². The molecule has 23 heavy (non-hydrogen) atoms. The molecule has 2 aromatic rings. The minimum absolute atomic E-state index is 0.268. The molecular formula is C18H18N2O2S. The van der Waals surface area contributed by atoms with Crippen LogP contribution in [0.4, 0.5) is 4.79 Å². The van der Waals surface area contributed by atoms with Crippen LogP contribution >= 0.6 is 0 Å². The molecule has 1 atom stereocenters. The number of hydrogen-bond acceptors (Lipinski definition) is 2. The summed E-state index contributed by atoms with van der Waals surface area (Å²) in [6.45, 7) is 0.697. The molecule has 0 aliphatic carbocycles. The number of nitrogens with one attached hydrogen (secondary N) is 2. The highest BCUT2D eigenvalue weighted by Gasteiger charge is 2.00. The fourth-order valence-corrected chi connectivity index (χ4v) is 2.36. The fourth-order valence-electron chi connectivity index (χ4n) is 1.84. The molecule has 0 spiro atoms. The van der Waals surface area contributed by atoms with Gasteiger partial charge in [0, 0.05) is 34.1 Å². The number of amides is 2. The third kappa shape index (κ3) is 5.97. The van der Waals surface area contributed by atoms with E-state index in [0.29, 0.717) is 6.54 Å². The standard InChI is InChI=1S/C18H18N2O2S/c1-23(22)17-11-9-16(10-12-17)14-20-18(21)19-13-5-8-15-6-3-2-4-7-15/h2-4,6-7,9-12H,13-14H2,1H3,(H2,19,20,21). The van der Waals surface area contributed by atoms with Gasteiger partial charge in [0.05, 0.1) is 6.54 Å². The monoisotopic (exact) mass is 326 g/mol. The first kappa shape index (κ1) is 16.8. The van der Waals surface area contributed by atoms with E-state index >= 15 is 0 Å². The van der Waals surface area contributed by atoms with Gasteiger partial charge in [-0.2, -0.15) is 0 Å². The van der Waals surface area contributed by atoms with Crippen LogP contribution in [0, 0.1) is 11.8 Å². The van der Waals surface area contributed by atoms with Crippen LogP contribution in [0.15, 0.2) is 59.5 Å². The first-order chi connectivity index (χ1) is 11.1. The van der Waals surface area contributed by atoms with Crippen molar-refractivity contribution in [1.29, 1.82) is 0 Å². The zero-order valence-electron chi connectivity index (χ0n) is 12.8. The third-order valence-corrected chi connectivity index (χ3v) is 3.99. The van der Waals surface area contributed by atoms with E-state index in [-0.39, 0.29) is 12.6 Å². The van der Waals surface area contributed by atoms with Gasteiger partial charge in [-0.1, -0.05) is 42.2 Å². The van der Waals surface area contributed by atoms with Crippen LogP contribution in [0.2, 0.25) is 0 Å². The molecule has 2 rings (SSSR count). The van der Waals surface area contributed by atoms with Gasteiger partial charge < -0.3 is 10.6 Å². The van der Waals surface area contributed by atoms with Crippen molar-refractivity contribution in [3.63, 3.8) is 0 Å². The van der Waals surface area contributed by atoms with E-state index in [9.17, 15) is 9.00 Å². The Labute approximate surface area is 138 Å². The van der Waals surface area contributed by atoms with Crippen LogP contribution in [-0.2, 0) is 17.3 Å². The molecule has 4 nitrogen and oxygen atoms in total. The molecule has 5 heteroatoms. The Morgan fingerprint density at radius 1 is 1.04 bits per heavy atom. The molecule has 0 heterocycles. The van der Waals surface area contributed by atoms with Crippen LogP contribution in [-0.4, -0.2) is 23.0 Å². The Hall–Kier alpha value is -2.58. The van der Waals surface area contributed by atoms with Gasteiger partial charge in [-0.05, 0) is 29.8 Å². The van der Waals surface area contributed by atoms with E-state index in [1.165, 1.54) is 0 Å². The highest BCUT2D eigenvalue weighted by atomic mass is 32.2. The van der Waals surface area contributed by atoms with E-state index in [0.717, 1.165) is 16.0 Å². The van der Waals surface area contributed by atoms with Crippen molar-refractivity contribution >= 4 is 16.8 Å². The number of carbonyl (C=O) groups excluding carboxylic acids is 1. The molecule has 1 unspecified atom stereocenters. The molecule has 0 aliphatic heterocycles. The summed E-state index contributed by atoms with van der Waals surface area (Å²) in [7, 11) is -0.986. The van der Waals surface area contributed by atoms with Gasteiger partial charge in [0.25, 0.3) is 0 Å². The highest BCUT2D eigenvalue weighted by Crippen LogP contribution is 2.07. The topological polar surface area (TPSA) is 58.2 Å². The van der Waals surface area contributed by atoms with Crippen LogP contribution in [0.5, 0.6) is 0 Å². The third-order valence-electron chi connectivity index (χ3n) is 3.05. The summed E-state index contributed by atoms with van der Waals surface area (Å²) < 4.78 is 11.3. The maximum atomic E-state index is 11.7. The molecule has 0 saturated carbocycles. The molecule has 0 aromatic heterocycles. The van der Waals surface area contributed by atoms with Crippen molar-refractivity contribution in [1.82, 2.24) is 10.6 Å². The molecule has 0 bridgehead atoms. The summed E-state index contributed by atoms with van der Waals surface area (Å²) in [4.78, 5) is 12.4. The lowest BCUT2D eigenvalue weighted by atomic mass is 10.2. The van der Waals surface area contributed by atoms with Gasteiger partial charge in [-0.3, -0.25) is 4.21 Å². The second kappa shape index (κ2) is 8.76. The Morgan fingerprint density at radius 3 is 2.39 bits per heavy atom. The summed E-state index contributed by atoms with van der Waals surface area (Å²) in [5, 5.41) is 5.43. The maximum Gasteiger partial charge on any atom is 0.315 e. The highest BCUT2D eigenvalue weighted by molar-refractivity contribution is 7.84. The average Bonchev–Trinajstić information content (AvgIpc) is 2.58. The van der Waals surface area contributed by atoms with Crippen LogP contribution < -0.4 is 10.6 Å².